The van der Waals surface area contributed by atoms with Gasteiger partial charge < -0.3 is 5.11 Å². The standard InChI is InChI=1S/C24H24F2O2/c1-14(15-4-6-16(7-5-15)22(27)28)17-12-19-20(13-18(17)21(25)26)24(10-11-24)9-8-23(19,2)3/h4-7,12-13,21H,1,8-11H2,2-3H3,(H,27,28). The van der Waals surface area contributed by atoms with Gasteiger partial charge in [-0.05, 0) is 88.6 Å². The molecule has 0 amide bonds. The van der Waals surface area contributed by atoms with Crippen LogP contribution >= 0.6 is 0 Å². The molecule has 0 aromatic heterocycles. The molecule has 4 heteroatoms. The first-order valence-corrected chi connectivity index (χ1v) is 9.65. The molecule has 0 unspecified atom stereocenters. The molecule has 1 fully saturated rings. The third-order valence-electron chi connectivity index (χ3n) is 6.61. The van der Waals surface area contributed by atoms with Crippen molar-refractivity contribution in [2.75, 3.05) is 0 Å². The van der Waals surface area contributed by atoms with E-state index in [1.165, 1.54) is 12.1 Å². The molecule has 1 spiro atoms. The summed E-state index contributed by atoms with van der Waals surface area (Å²) >= 11 is 0. The number of aromatic carboxylic acids is 1. The minimum Gasteiger partial charge on any atom is -0.478 e. The van der Waals surface area contributed by atoms with E-state index in [0.29, 0.717) is 16.7 Å². The Labute approximate surface area is 163 Å². The number of halogens is 2. The predicted molar refractivity (Wildman–Crippen MR) is 106 cm³/mol. The minimum absolute atomic E-state index is 0.0232. The molecule has 2 nitrogen and oxygen atoms in total. The lowest BCUT2D eigenvalue weighted by atomic mass is 9.66. The van der Waals surface area contributed by atoms with Crippen LogP contribution in [0.1, 0.15) is 84.1 Å². The average molecular weight is 382 g/mol. The van der Waals surface area contributed by atoms with Crippen molar-refractivity contribution >= 4 is 11.5 Å². The zero-order valence-corrected chi connectivity index (χ0v) is 16.2. The Bertz CT molecular complexity index is 967. The zero-order chi connectivity index (χ0) is 20.3. The van der Waals surface area contributed by atoms with E-state index in [-0.39, 0.29) is 22.0 Å². The summed E-state index contributed by atoms with van der Waals surface area (Å²) in [6, 6.07) is 9.87. The van der Waals surface area contributed by atoms with Crippen LogP contribution in [0.5, 0.6) is 0 Å². The van der Waals surface area contributed by atoms with Crippen LogP contribution in [-0.2, 0) is 10.8 Å². The lowest BCUT2D eigenvalue weighted by molar-refractivity contribution is 0.0697. The van der Waals surface area contributed by atoms with Gasteiger partial charge in [0.15, 0.2) is 0 Å². The molecule has 0 bridgehead atoms. The normalized spacial score (nSPS) is 18.8. The van der Waals surface area contributed by atoms with Gasteiger partial charge in [-0.2, -0.15) is 0 Å². The second-order valence-corrected chi connectivity index (χ2v) is 8.81. The predicted octanol–water partition coefficient (Wildman–Crippen LogP) is 6.49. The number of rotatable bonds is 4. The molecule has 1 N–H and O–H groups in total. The van der Waals surface area contributed by atoms with Crippen LogP contribution in [0.15, 0.2) is 43.0 Å². The molecular formula is C24H24F2O2. The number of benzene rings is 2. The van der Waals surface area contributed by atoms with Gasteiger partial charge >= 0.3 is 5.97 Å². The summed E-state index contributed by atoms with van der Waals surface area (Å²) in [6.45, 7) is 8.44. The number of hydrogen-bond donors (Lipinski definition) is 1. The maximum Gasteiger partial charge on any atom is 0.335 e. The number of alkyl halides is 2. The summed E-state index contributed by atoms with van der Waals surface area (Å²) in [7, 11) is 0. The van der Waals surface area contributed by atoms with Crippen molar-refractivity contribution in [2.45, 2.75) is 56.8 Å². The van der Waals surface area contributed by atoms with E-state index in [1.54, 1.807) is 18.2 Å². The van der Waals surface area contributed by atoms with E-state index in [1.807, 2.05) is 6.07 Å². The highest BCUT2D eigenvalue weighted by molar-refractivity contribution is 5.89. The molecule has 4 rings (SSSR count). The summed E-state index contributed by atoms with van der Waals surface area (Å²) in [4.78, 5) is 11.1. The Hall–Kier alpha value is -2.49. The van der Waals surface area contributed by atoms with Crippen molar-refractivity contribution in [3.63, 3.8) is 0 Å². The molecule has 2 aromatic carbocycles. The summed E-state index contributed by atoms with van der Waals surface area (Å²) < 4.78 is 28.0. The third-order valence-corrected chi connectivity index (χ3v) is 6.61. The number of hydrogen-bond acceptors (Lipinski definition) is 1. The van der Waals surface area contributed by atoms with Gasteiger partial charge in [-0.25, -0.2) is 13.6 Å². The van der Waals surface area contributed by atoms with Crippen LogP contribution in [0.25, 0.3) is 5.57 Å². The SMILES string of the molecule is C=C(c1ccc(C(=O)O)cc1)c1cc2c(cc1C(F)F)C1(CCC2(C)C)CC1. The van der Waals surface area contributed by atoms with Crippen LogP contribution in [-0.4, -0.2) is 11.1 Å². The number of carbonyl (C=O) groups is 1. The van der Waals surface area contributed by atoms with Crippen molar-refractivity contribution in [1.29, 1.82) is 0 Å². The maximum atomic E-state index is 14.0. The molecule has 0 atom stereocenters. The van der Waals surface area contributed by atoms with E-state index in [2.05, 4.69) is 20.4 Å². The molecular weight excluding hydrogens is 358 g/mol. The van der Waals surface area contributed by atoms with Gasteiger partial charge in [0.2, 0.25) is 0 Å². The Morgan fingerprint density at radius 2 is 1.57 bits per heavy atom. The van der Waals surface area contributed by atoms with Crippen molar-refractivity contribution in [3.8, 4) is 0 Å². The van der Waals surface area contributed by atoms with Gasteiger partial charge in [0, 0.05) is 5.56 Å². The first kappa shape index (κ1) is 18.9. The van der Waals surface area contributed by atoms with Crippen LogP contribution in [0.2, 0.25) is 0 Å². The van der Waals surface area contributed by atoms with Crippen LogP contribution < -0.4 is 0 Å². The van der Waals surface area contributed by atoms with Crippen molar-refractivity contribution in [1.82, 2.24) is 0 Å². The second-order valence-electron chi connectivity index (χ2n) is 8.81. The summed E-state index contributed by atoms with van der Waals surface area (Å²) in [5, 5.41) is 9.07. The Morgan fingerprint density at radius 1 is 1.00 bits per heavy atom. The van der Waals surface area contributed by atoms with Crippen molar-refractivity contribution in [3.05, 3.63) is 76.4 Å². The molecule has 0 radical (unpaired) electrons. The van der Waals surface area contributed by atoms with E-state index in [0.717, 1.165) is 36.8 Å². The lowest BCUT2D eigenvalue weighted by Crippen LogP contribution is -2.30. The second kappa shape index (κ2) is 6.26. The largest absolute Gasteiger partial charge is 0.478 e. The molecule has 146 valence electrons. The van der Waals surface area contributed by atoms with Gasteiger partial charge in [-0.3, -0.25) is 0 Å². The van der Waals surface area contributed by atoms with Gasteiger partial charge in [0.25, 0.3) is 6.43 Å². The molecule has 0 saturated heterocycles. The molecule has 2 aromatic rings. The summed E-state index contributed by atoms with van der Waals surface area (Å²) in [5.74, 6) is -1.02. The molecule has 2 aliphatic carbocycles. The van der Waals surface area contributed by atoms with Crippen molar-refractivity contribution < 1.29 is 18.7 Å². The van der Waals surface area contributed by atoms with E-state index >= 15 is 0 Å². The molecule has 0 heterocycles. The maximum absolute atomic E-state index is 14.0. The van der Waals surface area contributed by atoms with E-state index in [4.69, 9.17) is 5.11 Å². The highest BCUT2D eigenvalue weighted by atomic mass is 19.3. The highest BCUT2D eigenvalue weighted by Crippen LogP contribution is 2.60. The molecule has 0 aliphatic heterocycles. The Balaban J connectivity index is 1.84. The van der Waals surface area contributed by atoms with E-state index < -0.39 is 12.4 Å². The summed E-state index contributed by atoms with van der Waals surface area (Å²) in [5.41, 5.74) is 4.08. The fourth-order valence-electron chi connectivity index (χ4n) is 4.52. The topological polar surface area (TPSA) is 37.3 Å². The fraction of sp³-hybridized carbons (Fsp3) is 0.375. The Morgan fingerprint density at radius 3 is 2.11 bits per heavy atom. The van der Waals surface area contributed by atoms with Crippen molar-refractivity contribution in [2.24, 2.45) is 0 Å². The van der Waals surface area contributed by atoms with E-state index in [9.17, 15) is 13.6 Å². The number of fused-ring (bicyclic) bond motifs is 2. The average Bonchev–Trinajstić information content (AvgIpc) is 3.45. The lowest BCUT2D eigenvalue weighted by Gasteiger charge is -2.38. The first-order chi connectivity index (χ1) is 13.1. The van der Waals surface area contributed by atoms with Crippen LogP contribution in [0.4, 0.5) is 8.78 Å². The summed E-state index contributed by atoms with van der Waals surface area (Å²) in [6.07, 6.45) is 1.68. The minimum atomic E-state index is -2.59. The van der Waals surface area contributed by atoms with Crippen LogP contribution in [0.3, 0.4) is 0 Å². The van der Waals surface area contributed by atoms with Crippen LogP contribution in [0, 0.1) is 0 Å². The van der Waals surface area contributed by atoms with Gasteiger partial charge in [0.05, 0.1) is 5.56 Å². The zero-order valence-electron chi connectivity index (χ0n) is 16.2. The number of carboxylic acid groups (broad SMARTS) is 1. The molecule has 28 heavy (non-hydrogen) atoms. The first-order valence-electron chi connectivity index (χ1n) is 9.65. The quantitative estimate of drug-likeness (QED) is 0.656. The smallest absolute Gasteiger partial charge is 0.335 e. The molecule has 2 aliphatic rings. The van der Waals surface area contributed by atoms with Gasteiger partial charge in [0.1, 0.15) is 0 Å². The Kier molecular flexibility index (Phi) is 4.22. The fourth-order valence-corrected chi connectivity index (χ4v) is 4.52. The monoisotopic (exact) mass is 382 g/mol. The van der Waals surface area contributed by atoms with Gasteiger partial charge in [-0.1, -0.05) is 32.6 Å². The number of carboxylic acids is 1. The van der Waals surface area contributed by atoms with Gasteiger partial charge in [-0.15, -0.1) is 0 Å². The highest BCUT2D eigenvalue weighted by Gasteiger charge is 2.51. The third kappa shape index (κ3) is 2.95. The molecule has 1 saturated carbocycles.